The fraction of sp³-hybridized carbons (Fsp3) is 0.500. The number of anilines is 1. The van der Waals surface area contributed by atoms with Crippen LogP contribution in [0.4, 0.5) is 5.69 Å². The van der Waals surface area contributed by atoms with Gasteiger partial charge in [0.2, 0.25) is 0 Å². The highest BCUT2D eigenvalue weighted by atomic mass is 35.5. The highest BCUT2D eigenvalue weighted by Crippen LogP contribution is 2.38. The maximum atomic E-state index is 11.3. The molecule has 0 radical (unpaired) electrons. The minimum atomic E-state index is -0.963. The first-order valence-electron chi connectivity index (χ1n) is 6.07. The van der Waals surface area contributed by atoms with Crippen LogP contribution in [0.5, 0.6) is 0 Å². The summed E-state index contributed by atoms with van der Waals surface area (Å²) in [7, 11) is 0. The Morgan fingerprint density at radius 3 is 2.50 bits per heavy atom. The smallest absolute Gasteiger partial charge is 0.339 e. The van der Waals surface area contributed by atoms with Crippen LogP contribution in [0.2, 0.25) is 5.02 Å². The van der Waals surface area contributed by atoms with E-state index >= 15 is 0 Å². The van der Waals surface area contributed by atoms with Crippen molar-refractivity contribution in [3.63, 3.8) is 0 Å². The molecule has 1 aromatic rings. The van der Waals surface area contributed by atoms with Crippen LogP contribution in [0, 0.1) is 11.3 Å². The Hall–Kier alpha value is -1.22. The Morgan fingerprint density at radius 2 is 2.00 bits per heavy atom. The van der Waals surface area contributed by atoms with Gasteiger partial charge in [0.05, 0.1) is 10.7 Å². The van der Waals surface area contributed by atoms with Crippen LogP contribution in [-0.2, 0) is 0 Å². The number of hydrogen-bond acceptors (Lipinski definition) is 2. The van der Waals surface area contributed by atoms with Crippen molar-refractivity contribution < 1.29 is 9.90 Å². The first-order valence-corrected chi connectivity index (χ1v) is 6.45. The second-order valence-electron chi connectivity index (χ2n) is 5.91. The van der Waals surface area contributed by atoms with Crippen LogP contribution >= 0.6 is 11.6 Å². The van der Waals surface area contributed by atoms with Crippen molar-refractivity contribution in [3.05, 3.63) is 28.8 Å². The SMILES string of the molecule is CC(C)(C)C1CN(c2cccc(Cl)c2C(=O)O)C1. The molecule has 1 N–H and O–H groups in total. The van der Waals surface area contributed by atoms with Gasteiger partial charge >= 0.3 is 5.97 Å². The van der Waals surface area contributed by atoms with Crippen LogP contribution < -0.4 is 4.90 Å². The third-order valence-electron chi connectivity index (χ3n) is 3.65. The maximum absolute atomic E-state index is 11.3. The van der Waals surface area contributed by atoms with Gasteiger partial charge in [0.1, 0.15) is 5.56 Å². The standard InChI is InChI=1S/C14H18ClNO2/c1-14(2,3)9-7-16(8-9)11-6-4-5-10(15)12(11)13(17)18/h4-6,9H,7-8H2,1-3H3,(H,17,18). The molecule has 18 heavy (non-hydrogen) atoms. The van der Waals surface area contributed by atoms with Gasteiger partial charge in [0, 0.05) is 13.1 Å². The van der Waals surface area contributed by atoms with E-state index in [0.717, 1.165) is 18.8 Å². The van der Waals surface area contributed by atoms with Gasteiger partial charge in [-0.2, -0.15) is 0 Å². The van der Waals surface area contributed by atoms with Crippen molar-refractivity contribution in [2.75, 3.05) is 18.0 Å². The molecule has 1 aliphatic heterocycles. The minimum absolute atomic E-state index is 0.214. The molecule has 1 aromatic carbocycles. The lowest BCUT2D eigenvalue weighted by Gasteiger charge is -2.48. The molecule has 1 aliphatic rings. The molecule has 4 heteroatoms. The van der Waals surface area contributed by atoms with Gasteiger partial charge in [-0.1, -0.05) is 38.4 Å². The summed E-state index contributed by atoms with van der Waals surface area (Å²) < 4.78 is 0. The van der Waals surface area contributed by atoms with Crippen molar-refractivity contribution in [1.29, 1.82) is 0 Å². The molecule has 0 aromatic heterocycles. The molecule has 0 unspecified atom stereocenters. The van der Waals surface area contributed by atoms with Crippen molar-refractivity contribution >= 4 is 23.3 Å². The van der Waals surface area contributed by atoms with Gasteiger partial charge in [-0.05, 0) is 23.5 Å². The highest BCUT2D eigenvalue weighted by molar-refractivity contribution is 6.34. The number of carbonyl (C=O) groups is 1. The minimum Gasteiger partial charge on any atom is -0.478 e. The van der Waals surface area contributed by atoms with Gasteiger partial charge in [-0.3, -0.25) is 0 Å². The lowest BCUT2D eigenvalue weighted by Crippen LogP contribution is -2.52. The third kappa shape index (κ3) is 2.32. The van der Waals surface area contributed by atoms with E-state index in [1.165, 1.54) is 0 Å². The van der Waals surface area contributed by atoms with Crippen molar-refractivity contribution in [1.82, 2.24) is 0 Å². The summed E-state index contributed by atoms with van der Waals surface area (Å²) in [6.07, 6.45) is 0. The second-order valence-corrected chi connectivity index (χ2v) is 6.31. The topological polar surface area (TPSA) is 40.5 Å². The fourth-order valence-electron chi connectivity index (χ4n) is 2.21. The molecule has 1 heterocycles. The lowest BCUT2D eigenvalue weighted by atomic mass is 9.75. The zero-order valence-electron chi connectivity index (χ0n) is 10.9. The highest BCUT2D eigenvalue weighted by Gasteiger charge is 2.37. The van der Waals surface area contributed by atoms with E-state index in [9.17, 15) is 9.90 Å². The van der Waals surface area contributed by atoms with E-state index in [1.54, 1.807) is 12.1 Å². The zero-order valence-corrected chi connectivity index (χ0v) is 11.7. The molecule has 1 fully saturated rings. The maximum Gasteiger partial charge on any atom is 0.339 e. The van der Waals surface area contributed by atoms with E-state index in [2.05, 4.69) is 25.7 Å². The molecule has 2 rings (SSSR count). The van der Waals surface area contributed by atoms with Gasteiger partial charge in [-0.15, -0.1) is 0 Å². The number of aromatic carboxylic acids is 1. The fourth-order valence-corrected chi connectivity index (χ4v) is 2.46. The molecular weight excluding hydrogens is 250 g/mol. The van der Waals surface area contributed by atoms with Gasteiger partial charge in [0.15, 0.2) is 0 Å². The Bertz CT molecular complexity index is 473. The number of hydrogen-bond donors (Lipinski definition) is 1. The predicted molar refractivity (Wildman–Crippen MR) is 73.6 cm³/mol. The number of benzene rings is 1. The molecule has 98 valence electrons. The normalized spacial score (nSPS) is 16.6. The zero-order chi connectivity index (χ0) is 13.5. The van der Waals surface area contributed by atoms with E-state index in [0.29, 0.717) is 10.9 Å². The number of halogens is 1. The quantitative estimate of drug-likeness (QED) is 0.891. The summed E-state index contributed by atoms with van der Waals surface area (Å²) in [5.41, 5.74) is 1.21. The number of rotatable bonds is 2. The van der Waals surface area contributed by atoms with Crippen molar-refractivity contribution in [2.24, 2.45) is 11.3 Å². The summed E-state index contributed by atoms with van der Waals surface area (Å²) in [6, 6.07) is 5.25. The van der Waals surface area contributed by atoms with E-state index in [4.69, 9.17) is 11.6 Å². The summed E-state index contributed by atoms with van der Waals surface area (Å²) in [5, 5.41) is 9.53. The summed E-state index contributed by atoms with van der Waals surface area (Å²) in [5.74, 6) is -0.368. The largest absolute Gasteiger partial charge is 0.478 e. The van der Waals surface area contributed by atoms with Crippen LogP contribution in [0.3, 0.4) is 0 Å². The summed E-state index contributed by atoms with van der Waals surface area (Å²) >= 11 is 5.97. The molecule has 3 nitrogen and oxygen atoms in total. The Labute approximate surface area is 112 Å². The third-order valence-corrected chi connectivity index (χ3v) is 3.97. The molecule has 0 aliphatic carbocycles. The molecule has 0 spiro atoms. The number of carboxylic acid groups (broad SMARTS) is 1. The van der Waals surface area contributed by atoms with Crippen LogP contribution in [0.25, 0.3) is 0 Å². The van der Waals surface area contributed by atoms with E-state index in [1.807, 2.05) is 6.07 Å². The molecule has 0 saturated carbocycles. The Balaban J connectivity index is 2.22. The molecular formula is C14H18ClNO2. The monoisotopic (exact) mass is 267 g/mol. The average Bonchev–Trinajstić information content (AvgIpc) is 2.11. The van der Waals surface area contributed by atoms with Crippen molar-refractivity contribution in [2.45, 2.75) is 20.8 Å². The summed E-state index contributed by atoms with van der Waals surface area (Å²) in [4.78, 5) is 13.3. The molecule has 0 atom stereocenters. The lowest BCUT2D eigenvalue weighted by molar-refractivity contribution is 0.0697. The van der Waals surface area contributed by atoms with Crippen molar-refractivity contribution in [3.8, 4) is 0 Å². The molecule has 0 bridgehead atoms. The molecule has 0 amide bonds. The number of nitrogens with zero attached hydrogens (tertiary/aromatic N) is 1. The number of carboxylic acids is 1. The van der Waals surface area contributed by atoms with Crippen LogP contribution in [0.15, 0.2) is 18.2 Å². The van der Waals surface area contributed by atoms with Crippen LogP contribution in [-0.4, -0.2) is 24.2 Å². The second kappa shape index (κ2) is 4.47. The predicted octanol–water partition coefficient (Wildman–Crippen LogP) is 3.52. The van der Waals surface area contributed by atoms with E-state index < -0.39 is 5.97 Å². The van der Waals surface area contributed by atoms with E-state index in [-0.39, 0.29) is 11.0 Å². The Morgan fingerprint density at radius 1 is 1.39 bits per heavy atom. The van der Waals surface area contributed by atoms with Gasteiger partial charge in [-0.25, -0.2) is 4.79 Å². The first-order chi connectivity index (χ1) is 8.30. The van der Waals surface area contributed by atoms with Crippen LogP contribution in [0.1, 0.15) is 31.1 Å². The molecule has 1 saturated heterocycles. The Kier molecular flexibility index (Phi) is 3.28. The van der Waals surface area contributed by atoms with Gasteiger partial charge in [0.25, 0.3) is 0 Å². The first kappa shape index (κ1) is 13.2. The van der Waals surface area contributed by atoms with Gasteiger partial charge < -0.3 is 10.0 Å². The summed E-state index contributed by atoms with van der Waals surface area (Å²) in [6.45, 7) is 8.43. The average molecular weight is 268 g/mol.